The molecule has 1 aliphatic carbocycles. The van der Waals surface area contributed by atoms with Crippen LogP contribution in [0.25, 0.3) is 28.0 Å². The first-order chi connectivity index (χ1) is 15.0. The molecule has 4 rings (SSSR count). The molecule has 0 aromatic heterocycles. The van der Waals surface area contributed by atoms with Gasteiger partial charge in [0.2, 0.25) is 0 Å². The first-order valence-corrected chi connectivity index (χ1v) is 11.3. The van der Waals surface area contributed by atoms with Gasteiger partial charge in [0.25, 0.3) is 0 Å². The van der Waals surface area contributed by atoms with Gasteiger partial charge in [0.1, 0.15) is 5.82 Å². The van der Waals surface area contributed by atoms with E-state index in [0.717, 1.165) is 18.3 Å². The van der Waals surface area contributed by atoms with Gasteiger partial charge in [-0.15, -0.1) is 0 Å². The van der Waals surface area contributed by atoms with Crippen molar-refractivity contribution in [2.75, 3.05) is 0 Å². The van der Waals surface area contributed by atoms with Crippen LogP contribution in [0.3, 0.4) is 0 Å². The third-order valence-corrected chi connectivity index (χ3v) is 7.02. The summed E-state index contributed by atoms with van der Waals surface area (Å²) in [5.74, 6) is -1.25. The summed E-state index contributed by atoms with van der Waals surface area (Å²) in [5.41, 5.74) is 2.12. The number of hydrogen-bond donors (Lipinski definition) is 0. The van der Waals surface area contributed by atoms with Crippen molar-refractivity contribution in [3.8, 4) is 11.1 Å². The fraction of sp³-hybridized carbons (Fsp3) is 0.357. The van der Waals surface area contributed by atoms with Crippen molar-refractivity contribution in [3.05, 3.63) is 77.6 Å². The number of hydrogen-bond acceptors (Lipinski definition) is 0. The monoisotopic (exact) mass is 422 g/mol. The minimum absolute atomic E-state index is 0.153. The number of benzene rings is 3. The minimum Gasteiger partial charge on any atom is -0.206 e. The SMILES string of the molecule is C=Cc1ccc2cc(-c3ccc(CCC4CCC(CC)CC4)cc3)c(F)c(F)c2c1F. The van der Waals surface area contributed by atoms with Gasteiger partial charge >= 0.3 is 0 Å². The molecule has 0 amide bonds. The Balaban J connectivity index is 1.52. The lowest BCUT2D eigenvalue weighted by Crippen LogP contribution is -2.14. The molecule has 3 aromatic rings. The molecule has 0 unspecified atom stereocenters. The molecule has 1 fully saturated rings. The average molecular weight is 423 g/mol. The zero-order valence-electron chi connectivity index (χ0n) is 18.1. The zero-order chi connectivity index (χ0) is 22.0. The third-order valence-electron chi connectivity index (χ3n) is 7.02. The van der Waals surface area contributed by atoms with Crippen LogP contribution in [0.5, 0.6) is 0 Å². The van der Waals surface area contributed by atoms with E-state index in [1.807, 2.05) is 24.3 Å². The second-order valence-electron chi connectivity index (χ2n) is 8.85. The molecule has 0 nitrogen and oxygen atoms in total. The van der Waals surface area contributed by atoms with Crippen LogP contribution < -0.4 is 0 Å². The molecule has 1 aliphatic rings. The van der Waals surface area contributed by atoms with E-state index in [2.05, 4.69) is 13.5 Å². The molecule has 0 atom stereocenters. The average Bonchev–Trinajstić information content (AvgIpc) is 2.81. The van der Waals surface area contributed by atoms with Gasteiger partial charge < -0.3 is 0 Å². The number of fused-ring (bicyclic) bond motifs is 1. The first-order valence-electron chi connectivity index (χ1n) is 11.3. The highest BCUT2D eigenvalue weighted by molar-refractivity contribution is 5.90. The molecule has 0 bridgehead atoms. The second-order valence-corrected chi connectivity index (χ2v) is 8.85. The van der Waals surface area contributed by atoms with Crippen molar-refractivity contribution in [2.24, 2.45) is 11.8 Å². The van der Waals surface area contributed by atoms with Crippen molar-refractivity contribution in [3.63, 3.8) is 0 Å². The molecule has 3 aromatic carbocycles. The highest BCUT2D eigenvalue weighted by atomic mass is 19.2. The van der Waals surface area contributed by atoms with E-state index in [1.165, 1.54) is 62.3 Å². The van der Waals surface area contributed by atoms with Gasteiger partial charge in [0.15, 0.2) is 11.6 Å². The van der Waals surface area contributed by atoms with E-state index in [4.69, 9.17) is 0 Å². The predicted molar refractivity (Wildman–Crippen MR) is 123 cm³/mol. The molecular weight excluding hydrogens is 393 g/mol. The van der Waals surface area contributed by atoms with Crippen LogP contribution in [0.1, 0.15) is 56.6 Å². The Labute approximate surface area is 182 Å². The third kappa shape index (κ3) is 4.42. The minimum atomic E-state index is -1.15. The summed E-state index contributed by atoms with van der Waals surface area (Å²) in [4.78, 5) is 0. The second kappa shape index (κ2) is 9.30. The van der Waals surface area contributed by atoms with Gasteiger partial charge in [0, 0.05) is 11.1 Å². The van der Waals surface area contributed by atoms with E-state index < -0.39 is 17.5 Å². The van der Waals surface area contributed by atoms with Crippen LogP contribution in [0.4, 0.5) is 13.2 Å². The van der Waals surface area contributed by atoms with E-state index in [0.29, 0.717) is 10.9 Å². The van der Waals surface area contributed by atoms with Crippen LogP contribution in [0.15, 0.2) is 49.0 Å². The molecule has 0 spiro atoms. The molecule has 1 saturated carbocycles. The van der Waals surface area contributed by atoms with Gasteiger partial charge in [-0.1, -0.05) is 88.1 Å². The Kier molecular flexibility index (Phi) is 6.50. The van der Waals surface area contributed by atoms with E-state index in [-0.39, 0.29) is 16.5 Å². The van der Waals surface area contributed by atoms with Gasteiger partial charge in [-0.05, 0) is 47.3 Å². The molecule has 31 heavy (non-hydrogen) atoms. The maximum atomic E-state index is 14.8. The fourth-order valence-electron chi connectivity index (χ4n) is 4.92. The topological polar surface area (TPSA) is 0 Å². The number of halogens is 3. The molecule has 3 heteroatoms. The van der Waals surface area contributed by atoms with Gasteiger partial charge in [-0.3, -0.25) is 0 Å². The van der Waals surface area contributed by atoms with Crippen LogP contribution in [-0.4, -0.2) is 0 Å². The predicted octanol–water partition coefficient (Wildman–Crippen LogP) is 8.72. The Hall–Kier alpha value is -2.55. The quantitative estimate of drug-likeness (QED) is 0.372. The summed E-state index contributed by atoms with van der Waals surface area (Å²) in [6, 6.07) is 12.3. The molecule has 0 heterocycles. The van der Waals surface area contributed by atoms with Crippen molar-refractivity contribution >= 4 is 16.8 Å². The standard InChI is InChI=1S/C28H29F3/c1-3-18-5-7-19(8-6-18)9-10-20-11-13-22(14-12-20)24-17-23-16-15-21(4-2)26(29)25(23)28(31)27(24)30/h4,11-19H,2-3,5-10H2,1H3. The molecule has 0 radical (unpaired) electrons. The highest BCUT2D eigenvalue weighted by Crippen LogP contribution is 2.35. The Bertz CT molecular complexity index is 1070. The maximum absolute atomic E-state index is 14.8. The summed E-state index contributed by atoms with van der Waals surface area (Å²) in [7, 11) is 0. The van der Waals surface area contributed by atoms with Crippen LogP contribution in [-0.2, 0) is 6.42 Å². The van der Waals surface area contributed by atoms with Crippen molar-refractivity contribution in [1.82, 2.24) is 0 Å². The summed E-state index contributed by atoms with van der Waals surface area (Å²) < 4.78 is 44.0. The van der Waals surface area contributed by atoms with Gasteiger partial charge in [-0.25, -0.2) is 13.2 Å². The number of rotatable bonds is 6. The molecule has 0 N–H and O–H groups in total. The maximum Gasteiger partial charge on any atom is 0.170 e. The largest absolute Gasteiger partial charge is 0.206 e. The lowest BCUT2D eigenvalue weighted by atomic mass is 9.78. The van der Waals surface area contributed by atoms with Gasteiger partial charge in [0.05, 0.1) is 5.39 Å². The molecule has 0 saturated heterocycles. The number of aryl methyl sites for hydroxylation is 1. The summed E-state index contributed by atoms with van der Waals surface area (Å²) in [6.45, 7) is 5.80. The van der Waals surface area contributed by atoms with Crippen molar-refractivity contribution in [1.29, 1.82) is 0 Å². The lowest BCUT2D eigenvalue weighted by Gasteiger charge is -2.27. The van der Waals surface area contributed by atoms with Gasteiger partial charge in [-0.2, -0.15) is 0 Å². The Morgan fingerprint density at radius 3 is 2.19 bits per heavy atom. The molecular formula is C28H29F3. The lowest BCUT2D eigenvalue weighted by molar-refractivity contribution is 0.259. The summed E-state index contributed by atoms with van der Waals surface area (Å²) >= 11 is 0. The Morgan fingerprint density at radius 2 is 1.55 bits per heavy atom. The Morgan fingerprint density at radius 1 is 0.871 bits per heavy atom. The van der Waals surface area contributed by atoms with Crippen LogP contribution in [0.2, 0.25) is 0 Å². The first kappa shape index (κ1) is 21.7. The normalized spacial score (nSPS) is 19.0. The van der Waals surface area contributed by atoms with Crippen LogP contribution in [0, 0.1) is 29.3 Å². The molecule has 0 aliphatic heterocycles. The van der Waals surface area contributed by atoms with E-state index in [1.54, 1.807) is 6.07 Å². The smallest absolute Gasteiger partial charge is 0.170 e. The fourth-order valence-corrected chi connectivity index (χ4v) is 4.92. The summed E-state index contributed by atoms with van der Waals surface area (Å²) in [5, 5.41) is 0.0109. The van der Waals surface area contributed by atoms with Crippen molar-refractivity contribution in [2.45, 2.75) is 51.9 Å². The summed E-state index contributed by atoms with van der Waals surface area (Å²) in [6.07, 6.45) is 10.1. The van der Waals surface area contributed by atoms with Crippen LogP contribution >= 0.6 is 0 Å². The van der Waals surface area contributed by atoms with Crippen molar-refractivity contribution < 1.29 is 13.2 Å². The molecule has 162 valence electrons. The zero-order valence-corrected chi connectivity index (χ0v) is 18.1. The van der Waals surface area contributed by atoms with E-state index >= 15 is 0 Å². The highest BCUT2D eigenvalue weighted by Gasteiger charge is 2.21. The van der Waals surface area contributed by atoms with E-state index in [9.17, 15) is 13.2 Å².